The number of hydrogen-bond acceptors (Lipinski definition) is 2. The Morgan fingerprint density at radius 3 is 2.58 bits per heavy atom. The zero-order chi connectivity index (χ0) is 17.1. The molecular weight excluding hydrogens is 305 g/mol. The summed E-state index contributed by atoms with van der Waals surface area (Å²) >= 11 is 0. The Kier molecular flexibility index (Phi) is 4.95. The van der Waals surface area contributed by atoms with Gasteiger partial charge in [0.05, 0.1) is 18.6 Å². The number of carbonyl (C=O) groups is 1. The van der Waals surface area contributed by atoms with E-state index in [1.807, 2.05) is 18.2 Å². The quantitative estimate of drug-likeness (QED) is 0.926. The molecule has 3 rings (SSSR count). The molecule has 3 unspecified atom stereocenters. The molecule has 1 amide bonds. The van der Waals surface area contributed by atoms with E-state index in [9.17, 15) is 14.3 Å². The van der Waals surface area contributed by atoms with E-state index in [4.69, 9.17) is 0 Å². The van der Waals surface area contributed by atoms with Crippen LogP contribution in [0.5, 0.6) is 0 Å². The maximum Gasteiger partial charge on any atom is 0.226 e. The van der Waals surface area contributed by atoms with E-state index in [1.165, 1.54) is 6.07 Å². The lowest BCUT2D eigenvalue weighted by Gasteiger charge is -2.26. The molecule has 0 saturated carbocycles. The maximum atomic E-state index is 14.1. The fourth-order valence-corrected chi connectivity index (χ4v) is 3.44. The van der Waals surface area contributed by atoms with Gasteiger partial charge in [-0.1, -0.05) is 55.5 Å². The number of halogens is 1. The second-order valence-electron chi connectivity index (χ2n) is 6.55. The Morgan fingerprint density at radius 1 is 1.21 bits per heavy atom. The third-order valence-corrected chi connectivity index (χ3v) is 4.65. The van der Waals surface area contributed by atoms with Gasteiger partial charge >= 0.3 is 0 Å². The standard InChI is InChI=1S/C20H22FNO2/c1-14-11-18(16-9-5-6-10-17(16)21)22(13-14)20(24)12-19(23)15-7-3-2-4-8-15/h2-10,14,18-19,23H,11-13H2,1H3. The predicted molar refractivity (Wildman–Crippen MR) is 90.7 cm³/mol. The molecule has 0 bridgehead atoms. The van der Waals surface area contributed by atoms with Crippen molar-refractivity contribution in [1.82, 2.24) is 4.90 Å². The van der Waals surface area contributed by atoms with Crippen LogP contribution in [0.1, 0.15) is 43.0 Å². The van der Waals surface area contributed by atoms with Crippen molar-refractivity contribution >= 4 is 5.91 Å². The number of nitrogens with zero attached hydrogens (tertiary/aromatic N) is 1. The molecule has 1 heterocycles. The first-order chi connectivity index (χ1) is 11.6. The van der Waals surface area contributed by atoms with E-state index in [-0.39, 0.29) is 24.2 Å². The first-order valence-electron chi connectivity index (χ1n) is 8.33. The lowest BCUT2D eigenvalue weighted by Crippen LogP contribution is -2.32. The van der Waals surface area contributed by atoms with E-state index in [2.05, 4.69) is 6.92 Å². The minimum atomic E-state index is -0.837. The van der Waals surface area contributed by atoms with Crippen LogP contribution in [0, 0.1) is 11.7 Å². The highest BCUT2D eigenvalue weighted by atomic mass is 19.1. The van der Waals surface area contributed by atoms with Crippen molar-refractivity contribution in [2.24, 2.45) is 5.92 Å². The fourth-order valence-electron chi connectivity index (χ4n) is 3.44. The van der Waals surface area contributed by atoms with E-state index in [0.29, 0.717) is 18.0 Å². The lowest BCUT2D eigenvalue weighted by atomic mass is 10.00. The van der Waals surface area contributed by atoms with Gasteiger partial charge in [0.15, 0.2) is 0 Å². The van der Waals surface area contributed by atoms with Gasteiger partial charge in [0.1, 0.15) is 5.82 Å². The molecule has 0 spiro atoms. The monoisotopic (exact) mass is 327 g/mol. The third kappa shape index (κ3) is 3.49. The minimum Gasteiger partial charge on any atom is -0.388 e. The summed E-state index contributed by atoms with van der Waals surface area (Å²) in [7, 11) is 0. The van der Waals surface area contributed by atoms with Crippen molar-refractivity contribution in [3.8, 4) is 0 Å². The van der Waals surface area contributed by atoms with E-state index in [0.717, 1.165) is 12.0 Å². The molecule has 4 heteroatoms. The minimum absolute atomic E-state index is 0.0156. The summed E-state index contributed by atoms with van der Waals surface area (Å²) in [4.78, 5) is 14.4. The predicted octanol–water partition coefficient (Wildman–Crippen LogP) is 3.86. The summed E-state index contributed by atoms with van der Waals surface area (Å²) < 4.78 is 14.1. The fraction of sp³-hybridized carbons (Fsp3) is 0.350. The lowest BCUT2D eigenvalue weighted by molar-refractivity contribution is -0.134. The van der Waals surface area contributed by atoms with Crippen LogP contribution >= 0.6 is 0 Å². The van der Waals surface area contributed by atoms with Gasteiger partial charge in [-0.25, -0.2) is 4.39 Å². The summed E-state index contributed by atoms with van der Waals surface area (Å²) in [5.74, 6) is -0.102. The largest absolute Gasteiger partial charge is 0.388 e. The van der Waals surface area contributed by atoms with Crippen LogP contribution in [-0.2, 0) is 4.79 Å². The molecule has 3 nitrogen and oxygen atoms in total. The number of hydrogen-bond donors (Lipinski definition) is 1. The molecule has 0 aliphatic carbocycles. The Hall–Kier alpha value is -2.20. The number of aliphatic hydroxyl groups is 1. The van der Waals surface area contributed by atoms with Gasteiger partial charge in [-0.2, -0.15) is 0 Å². The average Bonchev–Trinajstić information content (AvgIpc) is 2.98. The van der Waals surface area contributed by atoms with Gasteiger partial charge in [0, 0.05) is 12.1 Å². The van der Waals surface area contributed by atoms with Crippen LogP contribution in [0.2, 0.25) is 0 Å². The molecule has 24 heavy (non-hydrogen) atoms. The second-order valence-corrected chi connectivity index (χ2v) is 6.55. The first kappa shape index (κ1) is 16.7. The zero-order valence-corrected chi connectivity index (χ0v) is 13.7. The summed E-state index contributed by atoms with van der Waals surface area (Å²) in [5.41, 5.74) is 1.28. The van der Waals surface area contributed by atoms with Crippen molar-refractivity contribution in [2.75, 3.05) is 6.54 Å². The molecule has 126 valence electrons. The molecule has 2 aromatic carbocycles. The van der Waals surface area contributed by atoms with Crippen LogP contribution < -0.4 is 0 Å². The van der Waals surface area contributed by atoms with Crippen molar-refractivity contribution < 1.29 is 14.3 Å². The molecule has 1 aliphatic heterocycles. The molecule has 1 N–H and O–H groups in total. The maximum absolute atomic E-state index is 14.1. The molecule has 3 atom stereocenters. The summed E-state index contributed by atoms with van der Waals surface area (Å²) in [6.45, 7) is 2.66. The number of benzene rings is 2. The Balaban J connectivity index is 1.76. The molecule has 0 aromatic heterocycles. The SMILES string of the molecule is CC1CC(c2ccccc2F)N(C(=O)CC(O)c2ccccc2)C1. The number of likely N-dealkylation sites (tertiary alicyclic amines) is 1. The molecule has 2 aromatic rings. The smallest absolute Gasteiger partial charge is 0.226 e. The van der Waals surface area contributed by atoms with Crippen LogP contribution in [0.15, 0.2) is 54.6 Å². The normalized spacial score (nSPS) is 21.7. The third-order valence-electron chi connectivity index (χ3n) is 4.65. The van der Waals surface area contributed by atoms with Gasteiger partial charge in [-0.05, 0) is 24.0 Å². The highest BCUT2D eigenvalue weighted by Crippen LogP contribution is 2.37. The van der Waals surface area contributed by atoms with Crippen molar-refractivity contribution in [3.05, 3.63) is 71.5 Å². The topological polar surface area (TPSA) is 40.5 Å². The Bertz CT molecular complexity index is 704. The van der Waals surface area contributed by atoms with Crippen LogP contribution in [0.3, 0.4) is 0 Å². The van der Waals surface area contributed by atoms with Crippen LogP contribution in [0.25, 0.3) is 0 Å². The zero-order valence-electron chi connectivity index (χ0n) is 13.7. The highest BCUT2D eigenvalue weighted by Gasteiger charge is 2.35. The van der Waals surface area contributed by atoms with Gasteiger partial charge in [-0.3, -0.25) is 4.79 Å². The van der Waals surface area contributed by atoms with Crippen LogP contribution in [-0.4, -0.2) is 22.5 Å². The summed E-state index contributed by atoms with van der Waals surface area (Å²) in [6, 6.07) is 15.5. The summed E-state index contributed by atoms with van der Waals surface area (Å²) in [6.07, 6.45) is -0.0774. The number of aliphatic hydroxyl groups excluding tert-OH is 1. The van der Waals surface area contributed by atoms with E-state index < -0.39 is 6.10 Å². The molecule has 1 aliphatic rings. The number of carbonyl (C=O) groups excluding carboxylic acids is 1. The average molecular weight is 327 g/mol. The van der Waals surface area contributed by atoms with Crippen molar-refractivity contribution in [3.63, 3.8) is 0 Å². The van der Waals surface area contributed by atoms with Gasteiger partial charge in [-0.15, -0.1) is 0 Å². The molecule has 1 fully saturated rings. The molecule has 1 saturated heterocycles. The van der Waals surface area contributed by atoms with Gasteiger partial charge < -0.3 is 10.0 Å². The first-order valence-corrected chi connectivity index (χ1v) is 8.33. The second kappa shape index (κ2) is 7.14. The Morgan fingerprint density at radius 2 is 1.88 bits per heavy atom. The van der Waals surface area contributed by atoms with Crippen LogP contribution in [0.4, 0.5) is 4.39 Å². The summed E-state index contributed by atoms with van der Waals surface area (Å²) in [5, 5.41) is 10.3. The van der Waals surface area contributed by atoms with E-state index >= 15 is 0 Å². The number of amides is 1. The molecule has 0 radical (unpaired) electrons. The van der Waals surface area contributed by atoms with Crippen molar-refractivity contribution in [1.29, 1.82) is 0 Å². The van der Waals surface area contributed by atoms with Gasteiger partial charge in [0.25, 0.3) is 0 Å². The Labute approximate surface area is 141 Å². The van der Waals surface area contributed by atoms with Gasteiger partial charge in [0.2, 0.25) is 5.91 Å². The highest BCUT2D eigenvalue weighted by molar-refractivity contribution is 5.77. The van der Waals surface area contributed by atoms with E-state index in [1.54, 1.807) is 35.2 Å². The number of rotatable bonds is 4. The van der Waals surface area contributed by atoms with Crippen molar-refractivity contribution in [2.45, 2.75) is 31.9 Å². The molecular formula is C20H22FNO2.